The van der Waals surface area contributed by atoms with E-state index in [0.29, 0.717) is 17.9 Å². The zero-order valence-corrected chi connectivity index (χ0v) is 12.8. The maximum Gasteiger partial charge on any atom is 0.336 e. The predicted molar refractivity (Wildman–Crippen MR) is 89.6 cm³/mol. The van der Waals surface area contributed by atoms with Gasteiger partial charge in [-0.15, -0.1) is 0 Å². The van der Waals surface area contributed by atoms with Crippen LogP contribution in [-0.2, 0) is 0 Å². The average molecular weight is 315 g/mol. The molecule has 0 radical (unpaired) electrons. The summed E-state index contributed by atoms with van der Waals surface area (Å²) in [7, 11) is 0. The molecule has 4 nitrogen and oxygen atoms in total. The van der Waals surface area contributed by atoms with E-state index in [1.54, 1.807) is 12.1 Å². The molecule has 114 valence electrons. The number of rotatable bonds is 6. The summed E-state index contributed by atoms with van der Waals surface area (Å²) in [5.74, 6) is -0.831. The Kier molecular flexibility index (Phi) is 5.61. The van der Waals surface area contributed by atoms with Gasteiger partial charge in [-0.1, -0.05) is 42.5 Å². The Labute approximate surface area is 134 Å². The minimum atomic E-state index is -1.11. The van der Waals surface area contributed by atoms with E-state index in [-0.39, 0.29) is 17.0 Å². The lowest BCUT2D eigenvalue weighted by atomic mass is 9.94. The van der Waals surface area contributed by atoms with Crippen molar-refractivity contribution < 1.29 is 14.7 Å². The van der Waals surface area contributed by atoms with Crippen LogP contribution in [0.3, 0.4) is 0 Å². The number of aromatic carboxylic acids is 1. The number of nitrogens with one attached hydrogen (secondary N) is 1. The van der Waals surface area contributed by atoms with Crippen molar-refractivity contribution in [2.75, 3.05) is 12.3 Å². The predicted octanol–water partition coefficient (Wildman–Crippen LogP) is 3.10. The summed E-state index contributed by atoms with van der Waals surface area (Å²) >= 11 is 4.10. The molecule has 5 heteroatoms. The van der Waals surface area contributed by atoms with Gasteiger partial charge in [-0.3, -0.25) is 4.79 Å². The standard InChI is InChI=1S/C17H17NO3S/c19-16(18-10-5-11-22)15-13(12-6-2-1-3-7-12)8-4-9-14(15)17(20)21/h1-4,6-9,22H,5,10-11H2,(H,18,19)(H,20,21). The summed E-state index contributed by atoms with van der Waals surface area (Å²) in [6.07, 6.45) is 0.727. The molecule has 2 aromatic rings. The Morgan fingerprint density at radius 3 is 2.41 bits per heavy atom. The smallest absolute Gasteiger partial charge is 0.336 e. The van der Waals surface area contributed by atoms with Gasteiger partial charge in [0.25, 0.3) is 5.91 Å². The highest BCUT2D eigenvalue weighted by Gasteiger charge is 2.20. The first-order valence-electron chi connectivity index (χ1n) is 6.96. The van der Waals surface area contributed by atoms with Crippen LogP contribution in [0.1, 0.15) is 27.1 Å². The van der Waals surface area contributed by atoms with Gasteiger partial charge in [0.15, 0.2) is 0 Å². The highest BCUT2D eigenvalue weighted by atomic mass is 32.1. The molecular formula is C17H17NO3S. The molecule has 0 unspecified atom stereocenters. The van der Waals surface area contributed by atoms with Crippen LogP contribution >= 0.6 is 12.6 Å². The normalized spacial score (nSPS) is 10.2. The molecule has 1 amide bonds. The Morgan fingerprint density at radius 1 is 1.05 bits per heavy atom. The van der Waals surface area contributed by atoms with Gasteiger partial charge in [0.05, 0.1) is 11.1 Å². The number of carboxylic acids is 1. The van der Waals surface area contributed by atoms with Crippen LogP contribution in [0.2, 0.25) is 0 Å². The van der Waals surface area contributed by atoms with E-state index in [4.69, 9.17) is 0 Å². The molecule has 2 rings (SSSR count). The Bertz CT molecular complexity index is 671. The molecule has 2 N–H and O–H groups in total. The number of hydrogen-bond acceptors (Lipinski definition) is 3. The number of carbonyl (C=O) groups is 2. The SMILES string of the molecule is O=C(O)c1cccc(-c2ccccc2)c1C(=O)NCCCS. The number of thiol groups is 1. The maximum atomic E-state index is 12.4. The minimum absolute atomic E-state index is 0.00438. The van der Waals surface area contributed by atoms with E-state index in [1.807, 2.05) is 30.3 Å². The molecule has 0 aliphatic rings. The van der Waals surface area contributed by atoms with Crippen LogP contribution in [0.4, 0.5) is 0 Å². The van der Waals surface area contributed by atoms with Crippen LogP contribution < -0.4 is 5.32 Å². The molecule has 0 atom stereocenters. The van der Waals surface area contributed by atoms with Crippen molar-refractivity contribution in [2.45, 2.75) is 6.42 Å². The van der Waals surface area contributed by atoms with Crippen molar-refractivity contribution in [3.63, 3.8) is 0 Å². The highest BCUT2D eigenvalue weighted by Crippen LogP contribution is 2.26. The van der Waals surface area contributed by atoms with E-state index in [2.05, 4.69) is 17.9 Å². The lowest BCUT2D eigenvalue weighted by Gasteiger charge is -2.13. The van der Waals surface area contributed by atoms with Crippen molar-refractivity contribution in [1.29, 1.82) is 0 Å². The summed E-state index contributed by atoms with van der Waals surface area (Å²) in [5.41, 5.74) is 1.62. The molecule has 22 heavy (non-hydrogen) atoms. The first kappa shape index (κ1) is 16.1. The van der Waals surface area contributed by atoms with Gasteiger partial charge in [0.2, 0.25) is 0 Å². The zero-order chi connectivity index (χ0) is 15.9. The van der Waals surface area contributed by atoms with Crippen molar-refractivity contribution in [3.05, 3.63) is 59.7 Å². The van der Waals surface area contributed by atoms with Crippen LogP contribution in [0.15, 0.2) is 48.5 Å². The molecule has 0 aliphatic heterocycles. The van der Waals surface area contributed by atoms with Gasteiger partial charge in [0.1, 0.15) is 0 Å². The third-order valence-electron chi connectivity index (χ3n) is 3.23. The summed E-state index contributed by atoms with van der Waals surface area (Å²) in [6, 6.07) is 14.1. The summed E-state index contributed by atoms with van der Waals surface area (Å²) < 4.78 is 0. The molecule has 2 aromatic carbocycles. The fourth-order valence-corrected chi connectivity index (χ4v) is 2.36. The van der Waals surface area contributed by atoms with Gasteiger partial charge < -0.3 is 10.4 Å². The number of carbonyl (C=O) groups excluding carboxylic acids is 1. The van der Waals surface area contributed by atoms with Gasteiger partial charge >= 0.3 is 5.97 Å². The Morgan fingerprint density at radius 2 is 1.77 bits per heavy atom. The number of carboxylic acid groups (broad SMARTS) is 1. The number of benzene rings is 2. The van der Waals surface area contributed by atoms with Crippen molar-refractivity contribution in [1.82, 2.24) is 5.32 Å². The van der Waals surface area contributed by atoms with Gasteiger partial charge in [-0.05, 0) is 29.4 Å². The lowest BCUT2D eigenvalue weighted by molar-refractivity contribution is 0.0691. The molecule has 0 saturated carbocycles. The Balaban J connectivity index is 2.48. The van der Waals surface area contributed by atoms with E-state index in [9.17, 15) is 14.7 Å². The quantitative estimate of drug-likeness (QED) is 0.567. The highest BCUT2D eigenvalue weighted by molar-refractivity contribution is 7.80. The second kappa shape index (κ2) is 7.66. The van der Waals surface area contributed by atoms with Crippen molar-refractivity contribution in [3.8, 4) is 11.1 Å². The van der Waals surface area contributed by atoms with E-state index in [0.717, 1.165) is 12.0 Å². The largest absolute Gasteiger partial charge is 0.478 e. The maximum absolute atomic E-state index is 12.4. The average Bonchev–Trinajstić information content (AvgIpc) is 2.55. The molecule has 0 heterocycles. The fourth-order valence-electron chi connectivity index (χ4n) is 2.20. The van der Waals surface area contributed by atoms with E-state index >= 15 is 0 Å². The summed E-state index contributed by atoms with van der Waals surface area (Å²) in [5, 5.41) is 12.1. The minimum Gasteiger partial charge on any atom is -0.478 e. The second-order valence-electron chi connectivity index (χ2n) is 4.73. The molecule has 0 saturated heterocycles. The first-order chi connectivity index (χ1) is 10.6. The topological polar surface area (TPSA) is 66.4 Å². The molecule has 0 aliphatic carbocycles. The second-order valence-corrected chi connectivity index (χ2v) is 5.18. The van der Waals surface area contributed by atoms with Gasteiger partial charge in [-0.2, -0.15) is 12.6 Å². The molecule has 0 bridgehead atoms. The zero-order valence-electron chi connectivity index (χ0n) is 12.0. The van der Waals surface area contributed by atoms with Crippen LogP contribution in [0, 0.1) is 0 Å². The monoisotopic (exact) mass is 315 g/mol. The Hall–Kier alpha value is -2.27. The fraction of sp³-hybridized carbons (Fsp3) is 0.176. The lowest BCUT2D eigenvalue weighted by Crippen LogP contribution is -2.27. The van der Waals surface area contributed by atoms with E-state index < -0.39 is 5.97 Å². The molecular weight excluding hydrogens is 298 g/mol. The van der Waals surface area contributed by atoms with Gasteiger partial charge in [-0.25, -0.2) is 4.79 Å². The van der Waals surface area contributed by atoms with Crippen LogP contribution in [0.25, 0.3) is 11.1 Å². The summed E-state index contributed by atoms with van der Waals surface area (Å²) in [4.78, 5) is 23.9. The van der Waals surface area contributed by atoms with Crippen LogP contribution in [-0.4, -0.2) is 29.3 Å². The number of amides is 1. The van der Waals surface area contributed by atoms with Crippen LogP contribution in [0.5, 0.6) is 0 Å². The third kappa shape index (κ3) is 3.68. The number of hydrogen-bond donors (Lipinski definition) is 3. The molecule has 0 aromatic heterocycles. The van der Waals surface area contributed by atoms with Crippen molar-refractivity contribution in [2.24, 2.45) is 0 Å². The van der Waals surface area contributed by atoms with Crippen molar-refractivity contribution >= 4 is 24.5 Å². The van der Waals surface area contributed by atoms with Gasteiger partial charge in [0, 0.05) is 6.54 Å². The molecule has 0 fully saturated rings. The first-order valence-corrected chi connectivity index (χ1v) is 7.59. The third-order valence-corrected chi connectivity index (χ3v) is 3.54. The molecule has 0 spiro atoms. The van der Waals surface area contributed by atoms with E-state index in [1.165, 1.54) is 6.07 Å². The summed E-state index contributed by atoms with van der Waals surface area (Å²) in [6.45, 7) is 0.463.